The number of amides is 2. The minimum Gasteiger partial charge on any atom is -0.485 e. The van der Waals surface area contributed by atoms with Crippen LogP contribution in [0.15, 0.2) is 60.8 Å². The molecule has 0 bridgehead atoms. The molecule has 42 heavy (non-hydrogen) atoms. The molecule has 0 radical (unpaired) electrons. The maximum atomic E-state index is 15.6. The largest absolute Gasteiger partial charge is 0.485 e. The molecule has 6 rings (SSSR count). The molecule has 2 aliphatic rings. The van der Waals surface area contributed by atoms with Gasteiger partial charge in [-0.3, -0.25) is 19.5 Å². The fourth-order valence-electron chi connectivity index (χ4n) is 4.78. The number of fused-ring (bicyclic) bond motifs is 3. The van der Waals surface area contributed by atoms with Crippen molar-refractivity contribution < 1.29 is 37.3 Å². The lowest BCUT2D eigenvalue weighted by molar-refractivity contribution is -0.133. The number of hydrogen-bond donors (Lipinski definition) is 1. The molecule has 10 nitrogen and oxygen atoms in total. The van der Waals surface area contributed by atoms with E-state index < -0.39 is 28.9 Å². The Kier molecular flexibility index (Phi) is 6.70. The van der Waals surface area contributed by atoms with Gasteiger partial charge in [0.25, 0.3) is 0 Å². The van der Waals surface area contributed by atoms with Crippen LogP contribution in [-0.2, 0) is 9.59 Å². The maximum absolute atomic E-state index is 15.6. The minimum absolute atomic E-state index is 0.0944. The second-order valence-corrected chi connectivity index (χ2v) is 9.66. The van der Waals surface area contributed by atoms with Crippen molar-refractivity contribution in [3.05, 3.63) is 72.4 Å². The Bertz CT molecular complexity index is 1770. The zero-order chi connectivity index (χ0) is 29.4. The first-order valence-electron chi connectivity index (χ1n) is 12.9. The van der Waals surface area contributed by atoms with Crippen LogP contribution in [0.3, 0.4) is 0 Å². The van der Waals surface area contributed by atoms with E-state index in [0.29, 0.717) is 10.9 Å². The normalized spacial score (nSPS) is 14.5. The monoisotopic (exact) mass is 572 g/mol. The number of nitrogens with two attached hydrogens (primary N) is 1. The molecule has 212 valence electrons. The molecule has 2 heterocycles. The number of benzene rings is 3. The van der Waals surface area contributed by atoms with Crippen LogP contribution >= 0.6 is 0 Å². The van der Waals surface area contributed by atoms with E-state index >= 15 is 4.39 Å². The number of anilines is 2. The molecule has 1 aromatic heterocycles. The molecular weight excluding hydrogens is 550 g/mol. The topological polar surface area (TPSA) is 137 Å². The number of carbonyl (C=O) groups is 2. The summed E-state index contributed by atoms with van der Waals surface area (Å²) in [5.41, 5.74) is 4.85. The van der Waals surface area contributed by atoms with Gasteiger partial charge < -0.3 is 24.7 Å². The number of nitrogens with zero attached hydrogens (tertiary/aromatic N) is 3. The molecule has 12 heteroatoms. The van der Waals surface area contributed by atoms with Crippen LogP contribution in [0.25, 0.3) is 10.9 Å². The van der Waals surface area contributed by atoms with E-state index in [1.165, 1.54) is 36.5 Å². The maximum Gasteiger partial charge on any atom is 0.247 e. The van der Waals surface area contributed by atoms with Crippen LogP contribution in [-0.4, -0.2) is 36.6 Å². The van der Waals surface area contributed by atoms with Crippen molar-refractivity contribution in [3.8, 4) is 34.8 Å². The highest BCUT2D eigenvalue weighted by molar-refractivity contribution is 6.16. The molecule has 0 spiro atoms. The van der Waals surface area contributed by atoms with E-state index in [1.807, 2.05) is 6.07 Å². The van der Waals surface area contributed by atoms with E-state index in [4.69, 9.17) is 29.9 Å². The molecule has 0 atom stereocenters. The Hall–Kier alpha value is -5.44. The van der Waals surface area contributed by atoms with Crippen LogP contribution in [0.5, 0.6) is 28.7 Å². The number of hydrogen-bond acceptors (Lipinski definition) is 8. The summed E-state index contributed by atoms with van der Waals surface area (Å²) in [6.45, 7) is 0.280. The lowest BCUT2D eigenvalue weighted by Crippen LogP contribution is -2.41. The Labute approximate surface area is 237 Å². The van der Waals surface area contributed by atoms with Gasteiger partial charge in [-0.25, -0.2) is 8.78 Å². The SMILES string of the molecule is N#CCOc1cc2nccc(Oc3ccc(N(C(=O)C4(C(N)=O)CC4)c4ccc(F)cc4)cc3F)c2c2c1OCCO2. The first-order valence-corrected chi connectivity index (χ1v) is 12.9. The quantitative estimate of drug-likeness (QED) is 0.294. The van der Waals surface area contributed by atoms with Crippen molar-refractivity contribution in [2.45, 2.75) is 12.8 Å². The first kappa shape index (κ1) is 26.8. The molecule has 4 aromatic rings. The average molecular weight is 573 g/mol. The van der Waals surface area contributed by atoms with E-state index in [2.05, 4.69) is 4.98 Å². The van der Waals surface area contributed by atoms with Crippen molar-refractivity contribution in [2.24, 2.45) is 11.1 Å². The summed E-state index contributed by atoms with van der Waals surface area (Å²) in [6.07, 6.45) is 1.98. The van der Waals surface area contributed by atoms with E-state index in [-0.39, 0.29) is 72.8 Å². The molecule has 0 saturated heterocycles. The van der Waals surface area contributed by atoms with Gasteiger partial charge in [0.15, 0.2) is 29.7 Å². The molecular formula is C30H22F2N4O6. The third-order valence-electron chi connectivity index (χ3n) is 7.05. The van der Waals surface area contributed by atoms with Gasteiger partial charge in [-0.2, -0.15) is 5.26 Å². The highest BCUT2D eigenvalue weighted by Gasteiger charge is 2.57. The van der Waals surface area contributed by atoms with Crippen LogP contribution in [0.2, 0.25) is 0 Å². The van der Waals surface area contributed by atoms with E-state index in [9.17, 15) is 14.0 Å². The number of pyridine rings is 1. The molecule has 2 amide bonds. The fraction of sp³-hybridized carbons (Fsp3) is 0.200. The number of carbonyl (C=O) groups excluding carboxylic acids is 2. The lowest BCUT2D eigenvalue weighted by Gasteiger charge is -2.27. The number of aromatic nitrogens is 1. The van der Waals surface area contributed by atoms with Gasteiger partial charge in [0, 0.05) is 24.0 Å². The van der Waals surface area contributed by atoms with Gasteiger partial charge in [0.05, 0.1) is 16.6 Å². The number of ether oxygens (including phenoxy) is 4. The van der Waals surface area contributed by atoms with Crippen molar-refractivity contribution in [3.63, 3.8) is 0 Å². The number of nitriles is 1. The highest BCUT2D eigenvalue weighted by Crippen LogP contribution is 2.50. The van der Waals surface area contributed by atoms with Crippen molar-refractivity contribution in [1.82, 2.24) is 4.98 Å². The van der Waals surface area contributed by atoms with Crippen LogP contribution < -0.4 is 29.6 Å². The number of halogens is 2. The predicted octanol–water partition coefficient (Wildman–Crippen LogP) is 4.91. The summed E-state index contributed by atoms with van der Waals surface area (Å²) in [7, 11) is 0. The molecule has 1 fully saturated rings. The molecule has 2 N–H and O–H groups in total. The first-order chi connectivity index (χ1) is 20.3. The van der Waals surface area contributed by atoms with Crippen LogP contribution in [0.4, 0.5) is 20.2 Å². The number of primary amides is 1. The Morgan fingerprint density at radius 3 is 2.36 bits per heavy atom. The summed E-state index contributed by atoms with van der Waals surface area (Å²) < 4.78 is 52.3. The van der Waals surface area contributed by atoms with Crippen LogP contribution in [0, 0.1) is 28.4 Å². The summed E-state index contributed by atoms with van der Waals surface area (Å²) in [5, 5.41) is 9.33. The van der Waals surface area contributed by atoms with Crippen molar-refractivity contribution in [1.29, 1.82) is 5.26 Å². The fourth-order valence-corrected chi connectivity index (χ4v) is 4.78. The zero-order valence-corrected chi connectivity index (χ0v) is 21.9. The standard InChI is InChI=1S/C30H22F2N4O6/c31-17-1-3-18(4-2-17)36(29(38)30(8-9-30)28(34)37)19-5-6-22(20(32)15-19)42-23-7-11-35-21-16-24(39-12-10-33)26-27(25(21)23)41-14-13-40-26/h1-7,11,15-16H,8-9,12-14H2,(H2,34,37). The van der Waals surface area contributed by atoms with E-state index in [1.54, 1.807) is 6.07 Å². The molecule has 1 saturated carbocycles. The van der Waals surface area contributed by atoms with Gasteiger partial charge in [-0.05, 0) is 55.3 Å². The van der Waals surface area contributed by atoms with Gasteiger partial charge in [0.2, 0.25) is 17.6 Å². The molecule has 1 aliphatic carbocycles. The Morgan fingerprint density at radius 1 is 0.976 bits per heavy atom. The van der Waals surface area contributed by atoms with E-state index in [0.717, 1.165) is 23.1 Å². The summed E-state index contributed by atoms with van der Waals surface area (Å²) in [4.78, 5) is 31.2. The Morgan fingerprint density at radius 2 is 1.69 bits per heavy atom. The highest BCUT2D eigenvalue weighted by atomic mass is 19.1. The molecule has 1 aliphatic heterocycles. The molecule has 0 unspecified atom stereocenters. The van der Waals surface area contributed by atoms with Crippen molar-refractivity contribution >= 4 is 34.1 Å². The average Bonchev–Trinajstić information content (AvgIpc) is 3.81. The smallest absolute Gasteiger partial charge is 0.247 e. The summed E-state index contributed by atoms with van der Waals surface area (Å²) >= 11 is 0. The second kappa shape index (κ2) is 10.5. The summed E-state index contributed by atoms with van der Waals surface area (Å²) in [5.74, 6) is -1.90. The predicted molar refractivity (Wildman–Crippen MR) is 145 cm³/mol. The van der Waals surface area contributed by atoms with Gasteiger partial charge in [-0.1, -0.05) is 0 Å². The third-order valence-corrected chi connectivity index (χ3v) is 7.05. The third kappa shape index (κ3) is 4.64. The lowest BCUT2D eigenvalue weighted by atomic mass is 10.0. The van der Waals surface area contributed by atoms with Gasteiger partial charge >= 0.3 is 0 Å². The minimum atomic E-state index is -1.41. The zero-order valence-electron chi connectivity index (χ0n) is 21.9. The van der Waals surface area contributed by atoms with Crippen molar-refractivity contribution in [2.75, 3.05) is 24.7 Å². The van der Waals surface area contributed by atoms with Gasteiger partial charge in [-0.15, -0.1) is 0 Å². The van der Waals surface area contributed by atoms with Gasteiger partial charge in [0.1, 0.15) is 36.3 Å². The van der Waals surface area contributed by atoms with Crippen LogP contribution in [0.1, 0.15) is 12.8 Å². The molecule has 3 aromatic carbocycles. The Balaban J connectivity index is 1.38. The summed E-state index contributed by atoms with van der Waals surface area (Å²) in [6, 6.07) is 13.9. The number of rotatable bonds is 8. The second-order valence-electron chi connectivity index (χ2n) is 9.66.